The number of hydrogen-bond acceptors (Lipinski definition) is 3. The van der Waals surface area contributed by atoms with E-state index in [0.29, 0.717) is 6.54 Å². The molecule has 0 amide bonds. The Hall–Kier alpha value is -1.09. The average molecular weight is 193 g/mol. The van der Waals surface area contributed by atoms with Gasteiger partial charge in [0.05, 0.1) is 0 Å². The largest absolute Gasteiger partial charge is 0.370 e. The molecule has 0 fully saturated rings. The smallest absolute Gasteiger partial charge is 0.129 e. The molecule has 0 aromatic carbocycles. The number of nitrogens with zero attached hydrogens (tertiary/aromatic N) is 1. The molecule has 0 saturated carbocycles. The third-order valence-electron chi connectivity index (χ3n) is 2.27. The Labute approximate surface area is 85.8 Å². The standard InChI is InChI=1S/C11H19N3/c1-3-10-5-4-8-13-11(10)14-9(2)6-7-12/h3,13H,1,4-8,12H2,2H3/b14-9+. The van der Waals surface area contributed by atoms with Crippen molar-refractivity contribution in [1.29, 1.82) is 0 Å². The fourth-order valence-electron chi connectivity index (χ4n) is 1.48. The number of aliphatic imine (C=N–C) groups is 1. The van der Waals surface area contributed by atoms with Gasteiger partial charge in [-0.2, -0.15) is 0 Å². The molecule has 3 nitrogen and oxygen atoms in total. The molecule has 0 saturated heterocycles. The zero-order chi connectivity index (χ0) is 10.4. The maximum absolute atomic E-state index is 5.46. The van der Waals surface area contributed by atoms with Crippen LogP contribution >= 0.6 is 0 Å². The van der Waals surface area contributed by atoms with Crippen LogP contribution in [0.25, 0.3) is 0 Å². The van der Waals surface area contributed by atoms with Gasteiger partial charge in [0.25, 0.3) is 0 Å². The van der Waals surface area contributed by atoms with E-state index in [9.17, 15) is 0 Å². The summed E-state index contributed by atoms with van der Waals surface area (Å²) in [4.78, 5) is 4.51. The van der Waals surface area contributed by atoms with Crippen molar-refractivity contribution in [2.24, 2.45) is 10.7 Å². The van der Waals surface area contributed by atoms with E-state index >= 15 is 0 Å². The minimum absolute atomic E-state index is 0.659. The van der Waals surface area contributed by atoms with Gasteiger partial charge in [0, 0.05) is 12.3 Å². The molecule has 1 aliphatic rings. The summed E-state index contributed by atoms with van der Waals surface area (Å²) in [5.74, 6) is 0.984. The number of nitrogens with one attached hydrogen (secondary N) is 1. The molecule has 14 heavy (non-hydrogen) atoms. The van der Waals surface area contributed by atoms with Gasteiger partial charge in [-0.25, -0.2) is 4.99 Å². The quantitative estimate of drug-likeness (QED) is 0.666. The topological polar surface area (TPSA) is 50.4 Å². The molecule has 0 aliphatic carbocycles. The number of rotatable bonds is 4. The summed E-state index contributed by atoms with van der Waals surface area (Å²) in [7, 11) is 0. The fraction of sp³-hybridized carbons (Fsp3) is 0.545. The first-order chi connectivity index (χ1) is 6.77. The lowest BCUT2D eigenvalue weighted by atomic mass is 10.1. The summed E-state index contributed by atoms with van der Waals surface area (Å²) in [6.07, 6.45) is 4.98. The lowest BCUT2D eigenvalue weighted by Gasteiger charge is -2.17. The summed E-state index contributed by atoms with van der Waals surface area (Å²) in [6, 6.07) is 0. The molecule has 78 valence electrons. The molecule has 0 aromatic heterocycles. The Morgan fingerprint density at radius 2 is 2.50 bits per heavy atom. The lowest BCUT2D eigenvalue weighted by Crippen LogP contribution is -2.21. The summed E-state index contributed by atoms with van der Waals surface area (Å²) in [5.41, 5.74) is 7.76. The van der Waals surface area contributed by atoms with Crippen molar-refractivity contribution < 1.29 is 0 Å². The van der Waals surface area contributed by atoms with Gasteiger partial charge in [0.15, 0.2) is 0 Å². The van der Waals surface area contributed by atoms with Crippen LogP contribution in [0.5, 0.6) is 0 Å². The second kappa shape index (κ2) is 5.60. The van der Waals surface area contributed by atoms with Gasteiger partial charge in [0.2, 0.25) is 0 Å². The minimum atomic E-state index is 0.659. The zero-order valence-electron chi connectivity index (χ0n) is 8.84. The van der Waals surface area contributed by atoms with Crippen LogP contribution in [-0.2, 0) is 0 Å². The van der Waals surface area contributed by atoms with Crippen LogP contribution in [0.4, 0.5) is 0 Å². The second-order valence-corrected chi connectivity index (χ2v) is 3.49. The first-order valence-corrected chi connectivity index (χ1v) is 5.11. The van der Waals surface area contributed by atoms with E-state index in [-0.39, 0.29) is 0 Å². The molecular formula is C11H19N3. The monoisotopic (exact) mass is 193 g/mol. The Balaban J connectivity index is 2.77. The SMILES string of the molecule is C=CC1=C(/N=C(\C)CCN)NCCC1. The molecule has 3 N–H and O–H groups in total. The number of hydrogen-bond donors (Lipinski definition) is 2. The van der Waals surface area contributed by atoms with E-state index in [2.05, 4.69) is 16.9 Å². The predicted molar refractivity (Wildman–Crippen MR) is 61.2 cm³/mol. The molecule has 0 aromatic rings. The van der Waals surface area contributed by atoms with E-state index in [1.165, 1.54) is 5.57 Å². The third kappa shape index (κ3) is 3.00. The summed E-state index contributed by atoms with van der Waals surface area (Å²) in [5, 5.41) is 3.29. The van der Waals surface area contributed by atoms with Crippen molar-refractivity contribution >= 4 is 5.71 Å². The molecule has 0 atom stereocenters. The van der Waals surface area contributed by atoms with Gasteiger partial charge in [-0.3, -0.25) is 0 Å². The van der Waals surface area contributed by atoms with Gasteiger partial charge >= 0.3 is 0 Å². The number of nitrogens with two attached hydrogens (primary N) is 1. The van der Waals surface area contributed by atoms with Crippen LogP contribution in [0.15, 0.2) is 29.0 Å². The molecule has 0 bridgehead atoms. The van der Waals surface area contributed by atoms with E-state index in [1.807, 2.05) is 13.0 Å². The summed E-state index contributed by atoms with van der Waals surface area (Å²) in [6.45, 7) is 7.47. The van der Waals surface area contributed by atoms with E-state index in [0.717, 1.165) is 37.3 Å². The lowest BCUT2D eigenvalue weighted by molar-refractivity contribution is 0.664. The fourth-order valence-corrected chi connectivity index (χ4v) is 1.48. The van der Waals surface area contributed by atoms with Crippen molar-refractivity contribution in [3.63, 3.8) is 0 Å². The Morgan fingerprint density at radius 3 is 3.14 bits per heavy atom. The first kappa shape index (κ1) is 11.0. The predicted octanol–water partition coefficient (Wildman–Crippen LogP) is 1.58. The zero-order valence-corrected chi connectivity index (χ0v) is 8.84. The second-order valence-electron chi connectivity index (χ2n) is 3.49. The Morgan fingerprint density at radius 1 is 1.71 bits per heavy atom. The van der Waals surface area contributed by atoms with Crippen molar-refractivity contribution in [2.75, 3.05) is 13.1 Å². The minimum Gasteiger partial charge on any atom is -0.370 e. The highest BCUT2D eigenvalue weighted by atomic mass is 15.0. The van der Waals surface area contributed by atoms with E-state index < -0.39 is 0 Å². The molecule has 1 rings (SSSR count). The molecular weight excluding hydrogens is 174 g/mol. The molecule has 3 heteroatoms. The van der Waals surface area contributed by atoms with Gasteiger partial charge < -0.3 is 11.1 Å². The molecule has 0 radical (unpaired) electrons. The van der Waals surface area contributed by atoms with Crippen LogP contribution in [0.2, 0.25) is 0 Å². The molecule has 1 heterocycles. The van der Waals surface area contributed by atoms with Crippen molar-refractivity contribution in [3.8, 4) is 0 Å². The normalized spacial score (nSPS) is 18.0. The summed E-state index contributed by atoms with van der Waals surface area (Å²) < 4.78 is 0. The van der Waals surface area contributed by atoms with E-state index in [4.69, 9.17) is 5.73 Å². The molecule has 0 unspecified atom stereocenters. The van der Waals surface area contributed by atoms with Crippen molar-refractivity contribution in [2.45, 2.75) is 26.2 Å². The highest BCUT2D eigenvalue weighted by Crippen LogP contribution is 2.16. The van der Waals surface area contributed by atoms with Gasteiger partial charge in [0.1, 0.15) is 5.82 Å². The van der Waals surface area contributed by atoms with Crippen LogP contribution in [0, 0.1) is 0 Å². The van der Waals surface area contributed by atoms with Crippen LogP contribution in [0.3, 0.4) is 0 Å². The van der Waals surface area contributed by atoms with Gasteiger partial charge in [-0.15, -0.1) is 0 Å². The number of allylic oxidation sites excluding steroid dienone is 2. The maximum atomic E-state index is 5.46. The van der Waals surface area contributed by atoms with Gasteiger partial charge in [-0.05, 0) is 38.3 Å². The van der Waals surface area contributed by atoms with Gasteiger partial charge in [-0.1, -0.05) is 12.7 Å². The highest BCUT2D eigenvalue weighted by Gasteiger charge is 2.08. The highest BCUT2D eigenvalue weighted by molar-refractivity contribution is 5.83. The molecule has 1 aliphatic heterocycles. The Kier molecular flexibility index (Phi) is 4.40. The third-order valence-corrected chi connectivity index (χ3v) is 2.27. The van der Waals surface area contributed by atoms with E-state index in [1.54, 1.807) is 0 Å². The maximum Gasteiger partial charge on any atom is 0.129 e. The van der Waals surface area contributed by atoms with Crippen molar-refractivity contribution in [3.05, 3.63) is 24.0 Å². The average Bonchev–Trinajstić information content (AvgIpc) is 2.19. The first-order valence-electron chi connectivity index (χ1n) is 5.11. The Bertz CT molecular complexity index is 264. The van der Waals surface area contributed by atoms with Crippen LogP contribution < -0.4 is 11.1 Å². The molecule has 0 spiro atoms. The summed E-state index contributed by atoms with van der Waals surface area (Å²) >= 11 is 0. The van der Waals surface area contributed by atoms with Crippen LogP contribution in [-0.4, -0.2) is 18.8 Å². The van der Waals surface area contributed by atoms with Crippen LogP contribution in [0.1, 0.15) is 26.2 Å². The van der Waals surface area contributed by atoms with Crippen molar-refractivity contribution in [1.82, 2.24) is 5.32 Å².